The third-order valence-corrected chi connectivity index (χ3v) is 4.25. The summed E-state index contributed by atoms with van der Waals surface area (Å²) in [6.07, 6.45) is 3.94. The van der Waals surface area contributed by atoms with Crippen LogP contribution in [-0.2, 0) is 6.54 Å². The highest BCUT2D eigenvalue weighted by molar-refractivity contribution is 14.0. The van der Waals surface area contributed by atoms with Gasteiger partial charge >= 0.3 is 0 Å². The molecule has 0 aliphatic carbocycles. The first kappa shape index (κ1) is 19.5. The molecule has 4 nitrogen and oxygen atoms in total. The van der Waals surface area contributed by atoms with Gasteiger partial charge in [-0.25, -0.2) is 0 Å². The predicted molar refractivity (Wildman–Crippen MR) is 100 cm³/mol. The van der Waals surface area contributed by atoms with Crippen LogP contribution in [-0.4, -0.2) is 35.5 Å². The molecular weight excluding hydrogens is 383 g/mol. The van der Waals surface area contributed by atoms with Crippen LogP contribution in [0.1, 0.15) is 25.1 Å². The number of thioether (sulfide) groups is 1. The fourth-order valence-corrected chi connectivity index (χ4v) is 1.68. The molecule has 114 valence electrons. The molecule has 0 radical (unpaired) electrons. The van der Waals surface area contributed by atoms with Gasteiger partial charge in [0.1, 0.15) is 0 Å². The first-order chi connectivity index (χ1) is 8.98. The maximum absolute atomic E-state index is 4.36. The minimum absolute atomic E-state index is 0. The summed E-state index contributed by atoms with van der Waals surface area (Å²) < 4.78 is 0.193. The van der Waals surface area contributed by atoms with Crippen LogP contribution in [0.3, 0.4) is 0 Å². The molecule has 0 aliphatic rings. The van der Waals surface area contributed by atoms with Crippen molar-refractivity contribution in [1.29, 1.82) is 0 Å². The van der Waals surface area contributed by atoms with E-state index in [1.807, 2.05) is 24.0 Å². The molecule has 0 bridgehead atoms. The van der Waals surface area contributed by atoms with E-state index >= 15 is 0 Å². The molecule has 1 rings (SSSR count). The number of hydrogen-bond acceptors (Lipinski definition) is 3. The number of rotatable bonds is 5. The van der Waals surface area contributed by atoms with Crippen LogP contribution in [0, 0.1) is 6.92 Å². The van der Waals surface area contributed by atoms with Gasteiger partial charge in [0.25, 0.3) is 0 Å². The Morgan fingerprint density at radius 3 is 2.65 bits per heavy atom. The average Bonchev–Trinajstić information content (AvgIpc) is 2.41. The molecule has 0 atom stereocenters. The van der Waals surface area contributed by atoms with E-state index in [2.05, 4.69) is 53.7 Å². The van der Waals surface area contributed by atoms with Gasteiger partial charge in [0.15, 0.2) is 5.96 Å². The molecule has 0 fully saturated rings. The number of pyridine rings is 1. The van der Waals surface area contributed by atoms with E-state index in [-0.39, 0.29) is 28.7 Å². The van der Waals surface area contributed by atoms with Crippen LogP contribution in [0.15, 0.2) is 23.3 Å². The van der Waals surface area contributed by atoms with Crippen molar-refractivity contribution in [2.24, 2.45) is 4.99 Å². The molecular formula is C14H25IN4S. The van der Waals surface area contributed by atoms with E-state index in [1.165, 1.54) is 5.56 Å². The van der Waals surface area contributed by atoms with Crippen molar-refractivity contribution < 1.29 is 0 Å². The fourth-order valence-electron chi connectivity index (χ4n) is 1.46. The number of nitrogens with zero attached hydrogens (tertiary/aromatic N) is 2. The Morgan fingerprint density at radius 2 is 2.10 bits per heavy atom. The van der Waals surface area contributed by atoms with Crippen molar-refractivity contribution in [1.82, 2.24) is 15.6 Å². The first-order valence-electron chi connectivity index (χ1n) is 6.38. The summed E-state index contributed by atoms with van der Waals surface area (Å²) in [6.45, 7) is 8.04. The van der Waals surface area contributed by atoms with Gasteiger partial charge in [-0.15, -0.1) is 24.0 Å². The summed E-state index contributed by atoms with van der Waals surface area (Å²) in [5.74, 6) is 0.812. The lowest BCUT2D eigenvalue weighted by Crippen LogP contribution is -2.43. The summed E-state index contributed by atoms with van der Waals surface area (Å²) >= 11 is 1.84. The van der Waals surface area contributed by atoms with Crippen molar-refractivity contribution in [2.75, 3.05) is 19.8 Å². The van der Waals surface area contributed by atoms with Gasteiger partial charge in [0, 0.05) is 24.5 Å². The topological polar surface area (TPSA) is 49.3 Å². The highest BCUT2D eigenvalue weighted by Gasteiger charge is 2.16. The zero-order valence-electron chi connectivity index (χ0n) is 12.9. The minimum Gasteiger partial charge on any atom is -0.355 e. The molecule has 1 heterocycles. The highest BCUT2D eigenvalue weighted by Crippen LogP contribution is 2.19. The van der Waals surface area contributed by atoms with E-state index in [4.69, 9.17) is 0 Å². The van der Waals surface area contributed by atoms with E-state index < -0.39 is 0 Å². The number of hydrogen-bond donors (Lipinski definition) is 2. The normalized spacial score (nSPS) is 11.8. The van der Waals surface area contributed by atoms with Crippen LogP contribution in [0.2, 0.25) is 0 Å². The van der Waals surface area contributed by atoms with E-state index in [0.29, 0.717) is 6.54 Å². The minimum atomic E-state index is 0. The smallest absolute Gasteiger partial charge is 0.191 e. The Balaban J connectivity index is 0.00000361. The van der Waals surface area contributed by atoms with Crippen molar-refractivity contribution in [2.45, 2.75) is 32.1 Å². The Labute approximate surface area is 143 Å². The van der Waals surface area contributed by atoms with Crippen LogP contribution < -0.4 is 10.6 Å². The van der Waals surface area contributed by atoms with Gasteiger partial charge in [-0.2, -0.15) is 11.8 Å². The van der Waals surface area contributed by atoms with Crippen LogP contribution in [0.5, 0.6) is 0 Å². The monoisotopic (exact) mass is 408 g/mol. The van der Waals surface area contributed by atoms with Crippen LogP contribution >= 0.6 is 35.7 Å². The van der Waals surface area contributed by atoms with Crippen molar-refractivity contribution in [3.8, 4) is 0 Å². The Kier molecular flexibility index (Phi) is 9.20. The summed E-state index contributed by atoms with van der Waals surface area (Å²) in [5.41, 5.74) is 2.24. The van der Waals surface area contributed by atoms with E-state index in [9.17, 15) is 0 Å². The molecule has 20 heavy (non-hydrogen) atoms. The molecule has 0 saturated heterocycles. The molecule has 1 aromatic heterocycles. The lowest BCUT2D eigenvalue weighted by Gasteiger charge is -2.23. The SMILES string of the molecule is CN=C(NCc1ncccc1C)NCC(C)(C)SC.I. The fraction of sp³-hybridized carbons (Fsp3) is 0.571. The first-order valence-corrected chi connectivity index (χ1v) is 7.61. The Morgan fingerprint density at radius 1 is 1.40 bits per heavy atom. The number of aryl methyl sites for hydroxylation is 1. The number of aromatic nitrogens is 1. The molecule has 0 spiro atoms. The Bertz CT molecular complexity index is 435. The zero-order valence-corrected chi connectivity index (χ0v) is 16.0. The van der Waals surface area contributed by atoms with Crippen LogP contribution in [0.4, 0.5) is 0 Å². The lowest BCUT2D eigenvalue weighted by molar-refractivity contribution is 0.663. The Hall–Kier alpha value is -0.500. The van der Waals surface area contributed by atoms with Gasteiger partial charge in [-0.3, -0.25) is 9.98 Å². The maximum Gasteiger partial charge on any atom is 0.191 e. The van der Waals surface area contributed by atoms with Crippen molar-refractivity contribution >= 4 is 41.7 Å². The molecule has 0 unspecified atom stereocenters. The third kappa shape index (κ3) is 6.78. The molecule has 6 heteroatoms. The maximum atomic E-state index is 4.36. The van der Waals surface area contributed by atoms with Crippen LogP contribution in [0.25, 0.3) is 0 Å². The van der Waals surface area contributed by atoms with E-state index in [1.54, 1.807) is 7.05 Å². The van der Waals surface area contributed by atoms with E-state index in [0.717, 1.165) is 18.2 Å². The highest BCUT2D eigenvalue weighted by atomic mass is 127. The molecule has 1 aromatic rings. The molecule has 0 aromatic carbocycles. The summed E-state index contributed by atoms with van der Waals surface area (Å²) in [5, 5.41) is 6.63. The lowest BCUT2D eigenvalue weighted by atomic mass is 10.2. The molecule has 0 amide bonds. The van der Waals surface area contributed by atoms with Crippen molar-refractivity contribution in [3.63, 3.8) is 0 Å². The van der Waals surface area contributed by atoms with Crippen molar-refractivity contribution in [3.05, 3.63) is 29.6 Å². The number of guanidine groups is 1. The standard InChI is InChI=1S/C14H24N4S.HI/c1-11-7-6-8-16-12(11)9-17-13(15-4)18-10-14(2,3)19-5;/h6-8H,9-10H2,1-5H3,(H2,15,17,18);1H. The van der Waals surface area contributed by atoms with Gasteiger partial charge in [0.05, 0.1) is 12.2 Å². The number of halogens is 1. The van der Waals surface area contributed by atoms with Gasteiger partial charge in [-0.05, 0) is 38.7 Å². The van der Waals surface area contributed by atoms with Gasteiger partial charge in [0.2, 0.25) is 0 Å². The molecule has 2 N–H and O–H groups in total. The zero-order chi connectivity index (χ0) is 14.3. The second-order valence-electron chi connectivity index (χ2n) is 5.01. The number of aliphatic imine (C=N–C) groups is 1. The third-order valence-electron chi connectivity index (χ3n) is 3.00. The largest absolute Gasteiger partial charge is 0.355 e. The predicted octanol–water partition coefficient (Wildman–Crippen LogP) is 2.81. The summed E-state index contributed by atoms with van der Waals surface area (Å²) in [6, 6.07) is 4.02. The van der Waals surface area contributed by atoms with Gasteiger partial charge in [-0.1, -0.05) is 6.07 Å². The summed E-state index contributed by atoms with van der Waals surface area (Å²) in [4.78, 5) is 8.59. The molecule has 0 saturated carbocycles. The summed E-state index contributed by atoms with van der Waals surface area (Å²) in [7, 11) is 1.78. The molecule has 0 aliphatic heterocycles. The average molecular weight is 408 g/mol. The second kappa shape index (κ2) is 9.44. The quantitative estimate of drug-likeness (QED) is 0.447. The second-order valence-corrected chi connectivity index (χ2v) is 6.52. The number of nitrogens with one attached hydrogen (secondary N) is 2. The van der Waals surface area contributed by atoms with Gasteiger partial charge < -0.3 is 10.6 Å².